The Labute approximate surface area is 95.4 Å². The third-order valence-corrected chi connectivity index (χ3v) is 2.21. The van der Waals surface area contributed by atoms with Crippen molar-refractivity contribution in [2.24, 2.45) is 5.41 Å². The summed E-state index contributed by atoms with van der Waals surface area (Å²) in [5.41, 5.74) is 0.0308. The van der Waals surface area contributed by atoms with Crippen molar-refractivity contribution in [3.8, 4) is 0 Å². The van der Waals surface area contributed by atoms with Gasteiger partial charge < -0.3 is 5.11 Å². The van der Waals surface area contributed by atoms with E-state index in [1.807, 2.05) is 20.8 Å². The molecule has 0 bridgehead atoms. The molecule has 98 valence electrons. The van der Waals surface area contributed by atoms with Crippen LogP contribution in [-0.2, 0) is 0 Å². The Morgan fingerprint density at radius 1 is 1.06 bits per heavy atom. The average molecular weight is 241 g/mol. The highest BCUT2D eigenvalue weighted by molar-refractivity contribution is 4.68. The molecule has 5 heteroatoms. The minimum atomic E-state index is -4.16. The first-order valence-electron chi connectivity index (χ1n) is 5.54. The molecule has 0 aliphatic rings. The van der Waals surface area contributed by atoms with E-state index in [9.17, 15) is 13.2 Å². The molecule has 0 amide bonds. The minimum absolute atomic E-state index is 0.0308. The fourth-order valence-electron chi connectivity index (χ4n) is 1.31. The molecule has 16 heavy (non-hydrogen) atoms. The molecule has 0 fully saturated rings. The Kier molecular flexibility index (Phi) is 6.33. The lowest BCUT2D eigenvalue weighted by molar-refractivity contribution is -0.146. The van der Waals surface area contributed by atoms with Gasteiger partial charge in [0.1, 0.15) is 0 Å². The highest BCUT2D eigenvalue weighted by Gasteiger charge is 2.30. The topological polar surface area (TPSA) is 23.5 Å². The van der Waals surface area contributed by atoms with E-state index in [2.05, 4.69) is 0 Å². The molecule has 0 aromatic carbocycles. The van der Waals surface area contributed by atoms with Crippen molar-refractivity contribution in [1.82, 2.24) is 4.90 Å². The number of aliphatic hydroxyl groups is 1. The molecule has 0 atom stereocenters. The van der Waals surface area contributed by atoms with Gasteiger partial charge in [0.2, 0.25) is 0 Å². The lowest BCUT2D eigenvalue weighted by Gasteiger charge is -2.27. The Balaban J connectivity index is 4.10. The van der Waals surface area contributed by atoms with E-state index < -0.39 is 12.7 Å². The number of hydrogen-bond donors (Lipinski definition) is 1. The van der Waals surface area contributed by atoms with Crippen LogP contribution in [0.1, 0.15) is 33.6 Å². The van der Waals surface area contributed by atoms with Crippen LogP contribution in [0.15, 0.2) is 0 Å². The van der Waals surface area contributed by atoms with Gasteiger partial charge in [0.15, 0.2) is 0 Å². The third kappa shape index (κ3) is 10.2. The highest BCUT2D eigenvalue weighted by Crippen LogP contribution is 2.21. The molecule has 2 nitrogen and oxygen atoms in total. The molecule has 0 aliphatic heterocycles. The van der Waals surface area contributed by atoms with Crippen molar-refractivity contribution < 1.29 is 18.3 Å². The summed E-state index contributed by atoms with van der Waals surface area (Å²) >= 11 is 0. The third-order valence-electron chi connectivity index (χ3n) is 2.21. The maximum atomic E-state index is 12.2. The SMILES string of the molecule is CC(C)(C)CCN(CCCO)CC(F)(F)F. The second-order valence-corrected chi connectivity index (χ2v) is 5.28. The predicted octanol–water partition coefficient (Wildman–Crippen LogP) is 2.67. The minimum Gasteiger partial charge on any atom is -0.396 e. The van der Waals surface area contributed by atoms with Crippen molar-refractivity contribution in [2.75, 3.05) is 26.2 Å². The number of alkyl halides is 3. The maximum Gasteiger partial charge on any atom is 0.401 e. The molecule has 0 saturated heterocycles. The predicted molar refractivity (Wildman–Crippen MR) is 58.3 cm³/mol. The molecule has 0 spiro atoms. The maximum absolute atomic E-state index is 12.2. The molecule has 0 rings (SSSR count). The molecule has 0 aliphatic carbocycles. The average Bonchev–Trinajstić information content (AvgIpc) is 2.06. The quantitative estimate of drug-likeness (QED) is 0.772. The fraction of sp³-hybridized carbons (Fsp3) is 1.00. The van der Waals surface area contributed by atoms with E-state index in [1.165, 1.54) is 4.90 Å². The Morgan fingerprint density at radius 3 is 2.00 bits per heavy atom. The van der Waals surface area contributed by atoms with Gasteiger partial charge in [0.05, 0.1) is 6.54 Å². The van der Waals surface area contributed by atoms with Gasteiger partial charge in [-0.25, -0.2) is 0 Å². The lowest BCUT2D eigenvalue weighted by atomic mass is 9.92. The Hall–Kier alpha value is -0.290. The first-order valence-corrected chi connectivity index (χ1v) is 5.54. The van der Waals surface area contributed by atoms with Crippen LogP contribution in [0.2, 0.25) is 0 Å². The van der Waals surface area contributed by atoms with Crippen molar-refractivity contribution in [2.45, 2.75) is 39.8 Å². The smallest absolute Gasteiger partial charge is 0.396 e. The van der Waals surface area contributed by atoms with Crippen molar-refractivity contribution >= 4 is 0 Å². The van der Waals surface area contributed by atoms with Crippen LogP contribution in [0.25, 0.3) is 0 Å². The summed E-state index contributed by atoms with van der Waals surface area (Å²) in [6, 6.07) is 0. The summed E-state index contributed by atoms with van der Waals surface area (Å²) in [5, 5.41) is 8.63. The van der Waals surface area contributed by atoms with Crippen LogP contribution in [0.5, 0.6) is 0 Å². The van der Waals surface area contributed by atoms with Crippen LogP contribution < -0.4 is 0 Å². The van der Waals surface area contributed by atoms with Crippen LogP contribution >= 0.6 is 0 Å². The summed E-state index contributed by atoms with van der Waals surface area (Å²) in [5.74, 6) is 0. The van der Waals surface area contributed by atoms with Gasteiger partial charge in [-0.05, 0) is 24.8 Å². The van der Waals surface area contributed by atoms with Gasteiger partial charge in [0, 0.05) is 13.2 Å². The molecular weight excluding hydrogens is 219 g/mol. The zero-order valence-electron chi connectivity index (χ0n) is 10.3. The van der Waals surface area contributed by atoms with E-state index in [0.717, 1.165) is 0 Å². The summed E-state index contributed by atoms with van der Waals surface area (Å²) in [6.45, 7) is 5.78. The Bertz CT molecular complexity index is 187. The lowest BCUT2D eigenvalue weighted by Crippen LogP contribution is -2.37. The largest absolute Gasteiger partial charge is 0.401 e. The first-order chi connectivity index (χ1) is 7.14. The van der Waals surface area contributed by atoms with Crippen LogP contribution in [0.3, 0.4) is 0 Å². The van der Waals surface area contributed by atoms with Crippen LogP contribution in [0.4, 0.5) is 13.2 Å². The van der Waals surface area contributed by atoms with Gasteiger partial charge >= 0.3 is 6.18 Å². The fourth-order valence-corrected chi connectivity index (χ4v) is 1.31. The van der Waals surface area contributed by atoms with E-state index in [1.54, 1.807) is 0 Å². The summed E-state index contributed by atoms with van der Waals surface area (Å²) in [7, 11) is 0. The van der Waals surface area contributed by atoms with E-state index in [4.69, 9.17) is 5.11 Å². The van der Waals surface area contributed by atoms with Gasteiger partial charge in [-0.1, -0.05) is 20.8 Å². The number of halogens is 3. The van der Waals surface area contributed by atoms with E-state index >= 15 is 0 Å². The Morgan fingerprint density at radius 2 is 1.62 bits per heavy atom. The standard InChI is InChI=1S/C11H22F3NO/c1-10(2,3)5-7-15(6-4-8-16)9-11(12,13)14/h16H,4-9H2,1-3H3. The van der Waals surface area contributed by atoms with E-state index in [0.29, 0.717) is 25.9 Å². The summed E-state index contributed by atoms with van der Waals surface area (Å²) in [6.07, 6.45) is -3.05. The molecule has 0 radical (unpaired) electrons. The zero-order valence-corrected chi connectivity index (χ0v) is 10.3. The first kappa shape index (κ1) is 15.7. The van der Waals surface area contributed by atoms with Gasteiger partial charge in [0.25, 0.3) is 0 Å². The molecule has 0 aromatic heterocycles. The second-order valence-electron chi connectivity index (χ2n) is 5.28. The van der Waals surface area contributed by atoms with Gasteiger partial charge in [-0.2, -0.15) is 13.2 Å². The number of rotatable bonds is 6. The molecule has 0 unspecified atom stereocenters. The van der Waals surface area contributed by atoms with Crippen molar-refractivity contribution in [3.63, 3.8) is 0 Å². The van der Waals surface area contributed by atoms with Crippen LogP contribution in [0, 0.1) is 5.41 Å². The van der Waals surface area contributed by atoms with E-state index in [-0.39, 0.29) is 12.0 Å². The van der Waals surface area contributed by atoms with Crippen LogP contribution in [-0.4, -0.2) is 42.4 Å². The second kappa shape index (κ2) is 6.45. The normalized spacial score (nSPS) is 13.5. The van der Waals surface area contributed by atoms with Crippen molar-refractivity contribution in [3.05, 3.63) is 0 Å². The molecule has 0 heterocycles. The summed E-state index contributed by atoms with van der Waals surface area (Å²) in [4.78, 5) is 1.36. The highest BCUT2D eigenvalue weighted by atomic mass is 19.4. The molecule has 1 N–H and O–H groups in total. The van der Waals surface area contributed by atoms with Gasteiger partial charge in [-0.15, -0.1) is 0 Å². The zero-order chi connectivity index (χ0) is 12.8. The summed E-state index contributed by atoms with van der Waals surface area (Å²) < 4.78 is 36.7. The molecular formula is C11H22F3NO. The van der Waals surface area contributed by atoms with Crippen molar-refractivity contribution in [1.29, 1.82) is 0 Å². The molecule has 0 saturated carbocycles. The number of aliphatic hydroxyl groups excluding tert-OH is 1. The van der Waals surface area contributed by atoms with Gasteiger partial charge in [-0.3, -0.25) is 4.90 Å². The molecule has 0 aromatic rings. The number of hydrogen-bond acceptors (Lipinski definition) is 2. The number of nitrogens with zero attached hydrogens (tertiary/aromatic N) is 1. The monoisotopic (exact) mass is 241 g/mol.